The van der Waals surface area contributed by atoms with Gasteiger partial charge in [0.05, 0.1) is 6.04 Å². The smallest absolute Gasteiger partial charge is 0.317 e. The maximum absolute atomic E-state index is 13.3. The summed E-state index contributed by atoms with van der Waals surface area (Å²) in [5, 5.41) is 2.33. The molecule has 0 bridgehead atoms. The SMILES string of the molecule is CN1C(=O)N[C@@H]2[C@H]1CCCC2(F)F. The highest BCUT2D eigenvalue weighted by Crippen LogP contribution is 2.37. The maximum Gasteiger partial charge on any atom is 0.317 e. The zero-order valence-electron chi connectivity index (χ0n) is 7.39. The number of rotatable bonds is 0. The first-order valence-corrected chi connectivity index (χ1v) is 4.43. The zero-order chi connectivity index (χ0) is 9.64. The Morgan fingerprint density at radius 2 is 2.31 bits per heavy atom. The molecule has 1 heterocycles. The molecule has 2 atom stereocenters. The number of halogens is 2. The van der Waals surface area contributed by atoms with Crippen molar-refractivity contribution >= 4 is 6.03 Å². The minimum atomic E-state index is -2.73. The summed E-state index contributed by atoms with van der Waals surface area (Å²) in [6.45, 7) is 0. The summed E-state index contributed by atoms with van der Waals surface area (Å²) in [5.74, 6) is -2.73. The molecule has 13 heavy (non-hydrogen) atoms. The van der Waals surface area contributed by atoms with E-state index in [9.17, 15) is 13.6 Å². The van der Waals surface area contributed by atoms with Crippen LogP contribution in [0.5, 0.6) is 0 Å². The largest absolute Gasteiger partial charge is 0.327 e. The third-order valence-corrected chi connectivity index (χ3v) is 2.95. The van der Waals surface area contributed by atoms with E-state index in [1.165, 1.54) is 4.90 Å². The lowest BCUT2D eigenvalue weighted by molar-refractivity contribution is -0.0683. The van der Waals surface area contributed by atoms with E-state index in [0.717, 1.165) is 0 Å². The molecule has 3 nitrogen and oxygen atoms in total. The van der Waals surface area contributed by atoms with Gasteiger partial charge < -0.3 is 10.2 Å². The molecule has 1 aliphatic carbocycles. The van der Waals surface area contributed by atoms with Gasteiger partial charge in [0.25, 0.3) is 5.92 Å². The average molecular weight is 190 g/mol. The number of amides is 2. The Labute approximate surface area is 75.1 Å². The predicted molar refractivity (Wildman–Crippen MR) is 42.7 cm³/mol. The van der Waals surface area contributed by atoms with Crippen LogP contribution in [0.3, 0.4) is 0 Å². The number of urea groups is 1. The van der Waals surface area contributed by atoms with Crippen LogP contribution in [0.4, 0.5) is 13.6 Å². The summed E-state index contributed by atoms with van der Waals surface area (Å²) in [4.78, 5) is 12.5. The summed E-state index contributed by atoms with van der Waals surface area (Å²) in [6.07, 6.45) is 1.06. The number of carbonyl (C=O) groups is 1. The first-order chi connectivity index (χ1) is 6.02. The van der Waals surface area contributed by atoms with Gasteiger partial charge >= 0.3 is 6.03 Å². The summed E-state index contributed by atoms with van der Waals surface area (Å²) in [7, 11) is 1.57. The number of alkyl halides is 2. The number of hydrogen-bond donors (Lipinski definition) is 1. The summed E-state index contributed by atoms with van der Waals surface area (Å²) >= 11 is 0. The van der Waals surface area contributed by atoms with Crippen LogP contribution in [-0.2, 0) is 0 Å². The van der Waals surface area contributed by atoms with Crippen LogP contribution >= 0.6 is 0 Å². The van der Waals surface area contributed by atoms with Gasteiger partial charge in [0, 0.05) is 13.5 Å². The third kappa shape index (κ3) is 1.17. The van der Waals surface area contributed by atoms with E-state index < -0.39 is 12.0 Å². The number of fused-ring (bicyclic) bond motifs is 1. The summed E-state index contributed by atoms with van der Waals surface area (Å²) < 4.78 is 26.5. The molecule has 0 aromatic heterocycles. The van der Waals surface area contributed by atoms with Crippen LogP contribution in [0.15, 0.2) is 0 Å². The van der Waals surface area contributed by atoms with Gasteiger partial charge in [-0.15, -0.1) is 0 Å². The lowest BCUT2D eigenvalue weighted by Crippen LogP contribution is -2.51. The van der Waals surface area contributed by atoms with Crippen LogP contribution in [-0.4, -0.2) is 36.0 Å². The van der Waals surface area contributed by atoms with Crippen LogP contribution in [0.1, 0.15) is 19.3 Å². The van der Waals surface area contributed by atoms with E-state index in [-0.39, 0.29) is 18.5 Å². The Balaban J connectivity index is 2.23. The minimum Gasteiger partial charge on any atom is -0.327 e. The third-order valence-electron chi connectivity index (χ3n) is 2.95. The molecule has 2 amide bonds. The van der Waals surface area contributed by atoms with E-state index in [1.54, 1.807) is 7.05 Å². The summed E-state index contributed by atoms with van der Waals surface area (Å²) in [5.41, 5.74) is 0. The van der Waals surface area contributed by atoms with E-state index >= 15 is 0 Å². The van der Waals surface area contributed by atoms with Gasteiger partial charge in [-0.05, 0) is 12.8 Å². The fourth-order valence-corrected chi connectivity index (χ4v) is 2.16. The van der Waals surface area contributed by atoms with Crippen molar-refractivity contribution in [1.29, 1.82) is 0 Å². The Morgan fingerprint density at radius 3 is 2.92 bits per heavy atom. The van der Waals surface area contributed by atoms with Gasteiger partial charge in [-0.3, -0.25) is 0 Å². The summed E-state index contributed by atoms with van der Waals surface area (Å²) in [6, 6.07) is -1.67. The van der Waals surface area contributed by atoms with Crippen LogP contribution in [0.25, 0.3) is 0 Å². The quantitative estimate of drug-likeness (QED) is 0.611. The number of hydrogen-bond acceptors (Lipinski definition) is 1. The number of carbonyl (C=O) groups excluding carboxylic acids is 1. The molecule has 2 aliphatic rings. The highest BCUT2D eigenvalue weighted by molar-refractivity contribution is 5.77. The normalized spacial score (nSPS) is 37.2. The molecular weight excluding hydrogens is 178 g/mol. The number of nitrogens with zero attached hydrogens (tertiary/aromatic N) is 1. The van der Waals surface area contributed by atoms with Gasteiger partial charge in [0.1, 0.15) is 6.04 Å². The van der Waals surface area contributed by atoms with Gasteiger partial charge in [-0.1, -0.05) is 0 Å². The highest BCUT2D eigenvalue weighted by Gasteiger charge is 2.53. The molecule has 2 rings (SSSR count). The highest BCUT2D eigenvalue weighted by atomic mass is 19.3. The second-order valence-corrected chi connectivity index (χ2v) is 3.76. The monoisotopic (exact) mass is 190 g/mol. The van der Waals surface area contributed by atoms with Crippen molar-refractivity contribution in [2.75, 3.05) is 7.05 Å². The molecule has 5 heteroatoms. The van der Waals surface area contributed by atoms with E-state index in [0.29, 0.717) is 12.8 Å². The Morgan fingerprint density at radius 1 is 1.62 bits per heavy atom. The van der Waals surface area contributed by atoms with Crippen molar-refractivity contribution in [3.05, 3.63) is 0 Å². The average Bonchev–Trinajstić information content (AvgIpc) is 2.32. The molecule has 0 spiro atoms. The second kappa shape index (κ2) is 2.56. The van der Waals surface area contributed by atoms with Crippen molar-refractivity contribution in [1.82, 2.24) is 10.2 Å². The standard InChI is InChI=1S/C8H12F2N2O/c1-12-5-3-2-4-8(9,10)6(5)11-7(12)13/h5-6H,2-4H2,1H3,(H,11,13)/t5-,6-/m1/s1. The fourth-order valence-electron chi connectivity index (χ4n) is 2.16. The second-order valence-electron chi connectivity index (χ2n) is 3.76. The zero-order valence-corrected chi connectivity index (χ0v) is 7.39. The van der Waals surface area contributed by atoms with E-state index in [4.69, 9.17) is 0 Å². The van der Waals surface area contributed by atoms with Gasteiger partial charge in [0.2, 0.25) is 0 Å². The molecule has 0 unspecified atom stereocenters. The van der Waals surface area contributed by atoms with E-state index in [2.05, 4.69) is 5.32 Å². The van der Waals surface area contributed by atoms with Crippen LogP contribution < -0.4 is 5.32 Å². The molecule has 1 saturated heterocycles. The minimum absolute atomic E-state index is 0.109. The molecule has 74 valence electrons. The van der Waals surface area contributed by atoms with Crippen molar-refractivity contribution in [2.45, 2.75) is 37.3 Å². The Kier molecular flexibility index (Phi) is 1.72. The lowest BCUT2D eigenvalue weighted by atomic mass is 9.88. The Bertz CT molecular complexity index is 244. The first kappa shape index (κ1) is 8.72. The molecule has 1 N–H and O–H groups in total. The van der Waals surface area contributed by atoms with Gasteiger partial charge in [-0.25, -0.2) is 13.6 Å². The fraction of sp³-hybridized carbons (Fsp3) is 0.875. The topological polar surface area (TPSA) is 32.3 Å². The van der Waals surface area contributed by atoms with Crippen LogP contribution in [0, 0.1) is 0 Å². The van der Waals surface area contributed by atoms with Crippen LogP contribution in [0.2, 0.25) is 0 Å². The predicted octanol–water partition coefficient (Wildman–Crippen LogP) is 1.20. The van der Waals surface area contributed by atoms with E-state index in [1.807, 2.05) is 0 Å². The Hall–Kier alpha value is -0.870. The van der Waals surface area contributed by atoms with Gasteiger partial charge in [-0.2, -0.15) is 0 Å². The van der Waals surface area contributed by atoms with Crippen molar-refractivity contribution in [3.63, 3.8) is 0 Å². The maximum atomic E-state index is 13.3. The molecule has 2 fully saturated rings. The molecule has 1 aliphatic heterocycles. The molecule has 0 aromatic carbocycles. The van der Waals surface area contributed by atoms with Gasteiger partial charge in [0.15, 0.2) is 0 Å². The van der Waals surface area contributed by atoms with Crippen molar-refractivity contribution in [3.8, 4) is 0 Å². The first-order valence-electron chi connectivity index (χ1n) is 4.43. The molecular formula is C8H12F2N2O. The molecule has 1 saturated carbocycles. The van der Waals surface area contributed by atoms with Crippen molar-refractivity contribution in [2.24, 2.45) is 0 Å². The molecule has 0 aromatic rings. The lowest BCUT2D eigenvalue weighted by Gasteiger charge is -2.34. The molecule has 0 radical (unpaired) electrons. The van der Waals surface area contributed by atoms with Crippen molar-refractivity contribution < 1.29 is 13.6 Å². The number of likely N-dealkylation sites (N-methyl/N-ethyl adjacent to an activating group) is 1. The number of nitrogens with one attached hydrogen (secondary N) is 1.